The Labute approximate surface area is 87.4 Å². The Bertz CT molecular complexity index is 198. The quantitative estimate of drug-likeness (QED) is 0.785. The average molecular weight is 226 g/mol. The van der Waals surface area contributed by atoms with Gasteiger partial charge in [-0.15, -0.1) is 13.2 Å². The first-order chi connectivity index (χ1) is 6.88. The standard InChI is InChI=1S/C9H17F3N2O/c1-7-2-3-14(6-8(7)13)4-5-15-9(10,11)12/h7-8H,2-6,13H2,1H3. The van der Waals surface area contributed by atoms with Gasteiger partial charge in [0.05, 0.1) is 6.61 Å². The van der Waals surface area contributed by atoms with E-state index in [1.54, 1.807) is 0 Å². The first-order valence-corrected chi connectivity index (χ1v) is 5.07. The van der Waals surface area contributed by atoms with Crippen LogP contribution in [0.15, 0.2) is 0 Å². The maximum atomic E-state index is 11.7. The molecule has 1 aliphatic rings. The van der Waals surface area contributed by atoms with E-state index in [2.05, 4.69) is 11.7 Å². The lowest BCUT2D eigenvalue weighted by molar-refractivity contribution is -0.325. The van der Waals surface area contributed by atoms with Crippen LogP contribution in [-0.4, -0.2) is 43.5 Å². The lowest BCUT2D eigenvalue weighted by Gasteiger charge is -2.34. The molecule has 0 aromatic carbocycles. The van der Waals surface area contributed by atoms with Crippen LogP contribution in [0.1, 0.15) is 13.3 Å². The molecule has 0 radical (unpaired) electrons. The topological polar surface area (TPSA) is 38.5 Å². The zero-order chi connectivity index (χ0) is 11.5. The number of halogens is 3. The molecule has 0 saturated carbocycles. The molecule has 3 nitrogen and oxygen atoms in total. The normalized spacial score (nSPS) is 29.4. The van der Waals surface area contributed by atoms with Crippen LogP contribution < -0.4 is 5.73 Å². The molecule has 0 amide bonds. The summed E-state index contributed by atoms with van der Waals surface area (Å²) in [6.07, 6.45) is -3.58. The number of nitrogens with zero attached hydrogens (tertiary/aromatic N) is 1. The fourth-order valence-corrected chi connectivity index (χ4v) is 1.66. The predicted molar refractivity (Wildman–Crippen MR) is 50.2 cm³/mol. The van der Waals surface area contributed by atoms with Gasteiger partial charge in [-0.3, -0.25) is 9.64 Å². The highest BCUT2D eigenvalue weighted by Gasteiger charge is 2.29. The van der Waals surface area contributed by atoms with Crippen LogP contribution in [0.2, 0.25) is 0 Å². The SMILES string of the molecule is CC1CCN(CCOC(F)(F)F)CC1N. The maximum Gasteiger partial charge on any atom is 0.522 e. The summed E-state index contributed by atoms with van der Waals surface area (Å²) in [6.45, 7) is 3.50. The van der Waals surface area contributed by atoms with E-state index in [1.165, 1.54) is 0 Å². The van der Waals surface area contributed by atoms with Gasteiger partial charge in [0.25, 0.3) is 0 Å². The molecule has 2 unspecified atom stereocenters. The Balaban J connectivity index is 2.17. The summed E-state index contributed by atoms with van der Waals surface area (Å²) >= 11 is 0. The fraction of sp³-hybridized carbons (Fsp3) is 1.00. The van der Waals surface area contributed by atoms with Gasteiger partial charge in [0.15, 0.2) is 0 Å². The van der Waals surface area contributed by atoms with Gasteiger partial charge in [-0.2, -0.15) is 0 Å². The largest absolute Gasteiger partial charge is 0.522 e. The monoisotopic (exact) mass is 226 g/mol. The number of alkyl halides is 3. The highest BCUT2D eigenvalue weighted by Crippen LogP contribution is 2.17. The summed E-state index contributed by atoms with van der Waals surface area (Å²) in [4.78, 5) is 1.91. The molecule has 6 heteroatoms. The number of hydrogen-bond acceptors (Lipinski definition) is 3. The third-order valence-electron chi connectivity index (χ3n) is 2.77. The number of likely N-dealkylation sites (tertiary alicyclic amines) is 1. The molecule has 1 rings (SSSR count). The number of ether oxygens (including phenoxy) is 1. The van der Waals surface area contributed by atoms with Gasteiger partial charge in [-0.1, -0.05) is 6.92 Å². The van der Waals surface area contributed by atoms with Crippen molar-refractivity contribution in [3.05, 3.63) is 0 Å². The molecule has 1 aliphatic heterocycles. The van der Waals surface area contributed by atoms with Crippen LogP contribution in [0.4, 0.5) is 13.2 Å². The molecule has 0 aromatic rings. The molecular weight excluding hydrogens is 209 g/mol. The maximum absolute atomic E-state index is 11.7. The lowest BCUT2D eigenvalue weighted by Crippen LogP contribution is -2.48. The van der Waals surface area contributed by atoms with E-state index < -0.39 is 6.36 Å². The number of hydrogen-bond donors (Lipinski definition) is 1. The first-order valence-electron chi connectivity index (χ1n) is 5.07. The van der Waals surface area contributed by atoms with E-state index in [0.717, 1.165) is 13.0 Å². The van der Waals surface area contributed by atoms with Crippen LogP contribution in [0, 0.1) is 5.92 Å². The van der Waals surface area contributed by atoms with Crippen molar-refractivity contribution in [2.45, 2.75) is 25.7 Å². The van der Waals surface area contributed by atoms with E-state index >= 15 is 0 Å². The Morgan fingerprint density at radius 3 is 2.67 bits per heavy atom. The molecule has 1 saturated heterocycles. The summed E-state index contributed by atoms with van der Waals surface area (Å²) in [7, 11) is 0. The number of rotatable bonds is 3. The fourth-order valence-electron chi connectivity index (χ4n) is 1.66. The molecule has 1 heterocycles. The van der Waals surface area contributed by atoms with Crippen LogP contribution in [0.5, 0.6) is 0 Å². The second kappa shape index (κ2) is 5.14. The minimum Gasteiger partial charge on any atom is -0.326 e. The van der Waals surface area contributed by atoms with Gasteiger partial charge < -0.3 is 5.73 Å². The molecule has 0 spiro atoms. The van der Waals surface area contributed by atoms with Crippen molar-refractivity contribution in [3.63, 3.8) is 0 Å². The number of piperidine rings is 1. The molecule has 0 aromatic heterocycles. The van der Waals surface area contributed by atoms with Crippen molar-refractivity contribution < 1.29 is 17.9 Å². The Morgan fingerprint density at radius 2 is 2.13 bits per heavy atom. The van der Waals surface area contributed by atoms with Crippen molar-refractivity contribution >= 4 is 0 Å². The highest BCUT2D eigenvalue weighted by molar-refractivity contribution is 4.80. The van der Waals surface area contributed by atoms with E-state index in [9.17, 15) is 13.2 Å². The van der Waals surface area contributed by atoms with Gasteiger partial charge >= 0.3 is 6.36 Å². The van der Waals surface area contributed by atoms with Gasteiger partial charge in [0.1, 0.15) is 0 Å². The van der Waals surface area contributed by atoms with E-state index in [1.807, 2.05) is 4.90 Å². The van der Waals surface area contributed by atoms with Crippen LogP contribution in [-0.2, 0) is 4.74 Å². The molecule has 2 atom stereocenters. The summed E-state index contributed by atoms with van der Waals surface area (Å²) < 4.78 is 38.8. The molecule has 0 aliphatic carbocycles. The average Bonchev–Trinajstić information content (AvgIpc) is 2.09. The minimum atomic E-state index is -4.52. The van der Waals surface area contributed by atoms with Crippen molar-refractivity contribution in [1.82, 2.24) is 4.90 Å². The third-order valence-corrected chi connectivity index (χ3v) is 2.77. The molecular formula is C9H17F3N2O. The molecule has 0 bridgehead atoms. The minimum absolute atomic E-state index is 0.0598. The summed E-state index contributed by atoms with van der Waals surface area (Å²) in [5.41, 5.74) is 5.82. The van der Waals surface area contributed by atoms with E-state index in [-0.39, 0.29) is 12.6 Å². The van der Waals surface area contributed by atoms with Crippen LogP contribution in [0.25, 0.3) is 0 Å². The summed E-state index contributed by atoms with van der Waals surface area (Å²) in [6, 6.07) is 0.0598. The molecule has 2 N–H and O–H groups in total. The van der Waals surface area contributed by atoms with Crippen molar-refractivity contribution in [2.24, 2.45) is 11.7 Å². The van der Waals surface area contributed by atoms with Crippen molar-refractivity contribution in [2.75, 3.05) is 26.2 Å². The highest BCUT2D eigenvalue weighted by atomic mass is 19.4. The zero-order valence-corrected chi connectivity index (χ0v) is 8.76. The predicted octanol–water partition coefficient (Wildman–Crippen LogP) is 1.19. The Kier molecular flexibility index (Phi) is 4.36. The second-order valence-corrected chi connectivity index (χ2v) is 4.02. The molecule has 1 fully saturated rings. The van der Waals surface area contributed by atoms with Crippen LogP contribution in [0.3, 0.4) is 0 Å². The first kappa shape index (κ1) is 12.7. The molecule has 15 heavy (non-hydrogen) atoms. The Morgan fingerprint density at radius 1 is 1.47 bits per heavy atom. The van der Waals surface area contributed by atoms with E-state index in [0.29, 0.717) is 19.0 Å². The molecule has 90 valence electrons. The van der Waals surface area contributed by atoms with Gasteiger partial charge in [-0.05, 0) is 18.9 Å². The lowest BCUT2D eigenvalue weighted by atomic mass is 9.94. The smallest absolute Gasteiger partial charge is 0.326 e. The summed E-state index contributed by atoms with van der Waals surface area (Å²) in [5.74, 6) is 0.449. The Hall–Kier alpha value is -0.330. The zero-order valence-electron chi connectivity index (χ0n) is 8.76. The van der Waals surface area contributed by atoms with Gasteiger partial charge in [-0.25, -0.2) is 0 Å². The van der Waals surface area contributed by atoms with Gasteiger partial charge in [0, 0.05) is 19.1 Å². The van der Waals surface area contributed by atoms with Crippen LogP contribution >= 0.6 is 0 Å². The summed E-state index contributed by atoms with van der Waals surface area (Å²) in [5, 5.41) is 0. The van der Waals surface area contributed by atoms with E-state index in [4.69, 9.17) is 5.73 Å². The second-order valence-electron chi connectivity index (χ2n) is 4.02. The third kappa shape index (κ3) is 4.81. The number of nitrogens with two attached hydrogens (primary N) is 1. The van der Waals surface area contributed by atoms with Crippen molar-refractivity contribution in [3.8, 4) is 0 Å². The van der Waals surface area contributed by atoms with Gasteiger partial charge in [0.2, 0.25) is 0 Å². The van der Waals surface area contributed by atoms with Crippen molar-refractivity contribution in [1.29, 1.82) is 0 Å².